The molecule has 1 atom stereocenters. The number of amides is 1. The summed E-state index contributed by atoms with van der Waals surface area (Å²) in [7, 11) is 0. The van der Waals surface area contributed by atoms with Crippen LogP contribution in [0.1, 0.15) is 75.3 Å². The minimum absolute atomic E-state index is 0.0673. The maximum Gasteiger partial charge on any atom is 0.417 e. The smallest absolute Gasteiger partial charge is 0.417 e. The fourth-order valence-corrected chi connectivity index (χ4v) is 6.21. The molecule has 9 bridgehead atoms. The molecular formula is C32H31F3N4O4. The van der Waals surface area contributed by atoms with Crippen molar-refractivity contribution in [1.82, 2.24) is 19.9 Å². The number of carbonyl (C=O) groups excluding carboxylic acids is 1. The lowest BCUT2D eigenvalue weighted by atomic mass is 9.83. The first-order chi connectivity index (χ1) is 20.6. The molecule has 0 fully saturated rings. The van der Waals surface area contributed by atoms with Gasteiger partial charge in [0.1, 0.15) is 11.3 Å². The Morgan fingerprint density at radius 2 is 1.88 bits per heavy atom. The second kappa shape index (κ2) is 11.3. The van der Waals surface area contributed by atoms with E-state index in [1.165, 1.54) is 17.0 Å². The lowest BCUT2D eigenvalue weighted by molar-refractivity contribution is -0.138. The fraction of sp³-hybridized carbons (Fsp3) is 0.375. The minimum atomic E-state index is -4.74. The number of carboxylic acids is 1. The van der Waals surface area contributed by atoms with Crippen molar-refractivity contribution >= 4 is 22.9 Å². The number of ether oxygens (including phenoxy) is 1. The van der Waals surface area contributed by atoms with Gasteiger partial charge in [0, 0.05) is 25.6 Å². The van der Waals surface area contributed by atoms with Crippen molar-refractivity contribution in [2.75, 3.05) is 13.2 Å². The van der Waals surface area contributed by atoms with Crippen LogP contribution in [-0.4, -0.2) is 50.0 Å². The van der Waals surface area contributed by atoms with Gasteiger partial charge in [0.2, 0.25) is 0 Å². The first kappa shape index (κ1) is 28.7. The van der Waals surface area contributed by atoms with E-state index in [2.05, 4.69) is 10.3 Å². The normalized spacial score (nSPS) is 17.7. The van der Waals surface area contributed by atoms with E-state index in [-0.39, 0.29) is 31.9 Å². The molecule has 6 heterocycles. The highest BCUT2D eigenvalue weighted by Crippen LogP contribution is 2.37. The molecule has 43 heavy (non-hydrogen) atoms. The molecule has 5 aliphatic rings. The lowest BCUT2D eigenvalue weighted by Crippen LogP contribution is -2.37. The second-order valence-corrected chi connectivity index (χ2v) is 11.2. The van der Waals surface area contributed by atoms with Crippen LogP contribution in [0.25, 0.3) is 11.0 Å². The fourth-order valence-electron chi connectivity index (χ4n) is 6.21. The second-order valence-electron chi connectivity index (χ2n) is 11.2. The Morgan fingerprint density at radius 1 is 1.05 bits per heavy atom. The highest BCUT2D eigenvalue weighted by atomic mass is 19.4. The summed E-state index contributed by atoms with van der Waals surface area (Å²) in [5, 5.41) is 18.6. The number of rotatable bonds is 2. The van der Waals surface area contributed by atoms with E-state index in [4.69, 9.17) is 4.74 Å². The molecule has 4 aromatic rings. The highest BCUT2D eigenvalue weighted by molar-refractivity contribution is 5.96. The van der Waals surface area contributed by atoms with E-state index in [1.54, 1.807) is 0 Å². The van der Waals surface area contributed by atoms with Crippen LogP contribution >= 0.6 is 0 Å². The number of hydrogen-bond donors (Lipinski definition) is 1. The molecule has 0 radical (unpaired) electrons. The maximum absolute atomic E-state index is 14.1. The van der Waals surface area contributed by atoms with Crippen molar-refractivity contribution in [2.24, 2.45) is 0 Å². The van der Waals surface area contributed by atoms with Gasteiger partial charge in [0.15, 0.2) is 0 Å². The van der Waals surface area contributed by atoms with Gasteiger partial charge in [-0.1, -0.05) is 29.5 Å². The Balaban J connectivity index is 1.44. The van der Waals surface area contributed by atoms with Gasteiger partial charge in [-0.15, -0.1) is 5.10 Å². The zero-order chi connectivity index (χ0) is 30.3. The van der Waals surface area contributed by atoms with Crippen molar-refractivity contribution in [2.45, 2.75) is 64.2 Å². The molecule has 0 saturated carbocycles. The van der Waals surface area contributed by atoms with E-state index in [0.717, 1.165) is 57.8 Å². The zero-order valence-corrected chi connectivity index (χ0v) is 23.7. The number of benzene rings is 3. The Labute approximate surface area is 246 Å². The number of aliphatic carboxylic acids is 1. The monoisotopic (exact) mass is 592 g/mol. The first-order valence-electron chi connectivity index (χ1n) is 14.4. The molecule has 0 aliphatic carbocycles. The predicted octanol–water partition coefficient (Wildman–Crippen LogP) is 6.13. The van der Waals surface area contributed by atoms with Gasteiger partial charge in [-0.2, -0.15) is 13.2 Å². The quantitative estimate of drug-likeness (QED) is 0.301. The van der Waals surface area contributed by atoms with E-state index in [1.807, 2.05) is 41.9 Å². The van der Waals surface area contributed by atoms with Gasteiger partial charge in [-0.3, -0.25) is 9.59 Å². The average molecular weight is 593 g/mol. The van der Waals surface area contributed by atoms with Gasteiger partial charge in [-0.25, -0.2) is 4.68 Å². The summed E-state index contributed by atoms with van der Waals surface area (Å²) in [6, 6.07) is 13.1. The topological polar surface area (TPSA) is 97.5 Å². The largest absolute Gasteiger partial charge is 0.494 e. The van der Waals surface area contributed by atoms with Gasteiger partial charge in [0.25, 0.3) is 5.91 Å². The molecule has 1 amide bonds. The summed E-state index contributed by atoms with van der Waals surface area (Å²) in [6.45, 7) is 3.14. The van der Waals surface area contributed by atoms with Crippen LogP contribution in [0, 0.1) is 6.92 Å². The summed E-state index contributed by atoms with van der Waals surface area (Å²) in [6.07, 6.45) is -2.28. The summed E-state index contributed by atoms with van der Waals surface area (Å²) < 4.78 is 49.8. The molecule has 11 heteroatoms. The summed E-state index contributed by atoms with van der Waals surface area (Å²) >= 11 is 0. The summed E-state index contributed by atoms with van der Waals surface area (Å²) in [5.74, 6) is -2.09. The number of hydrogen-bond acceptors (Lipinski definition) is 5. The van der Waals surface area contributed by atoms with Crippen molar-refractivity contribution in [3.8, 4) is 5.75 Å². The van der Waals surface area contributed by atoms with Gasteiger partial charge < -0.3 is 14.7 Å². The number of aromatic nitrogens is 3. The van der Waals surface area contributed by atoms with Crippen LogP contribution in [0.15, 0.2) is 48.5 Å². The van der Waals surface area contributed by atoms with E-state index < -0.39 is 35.1 Å². The molecule has 0 saturated heterocycles. The zero-order valence-electron chi connectivity index (χ0n) is 23.7. The molecule has 1 unspecified atom stereocenters. The third-order valence-electron chi connectivity index (χ3n) is 8.48. The Kier molecular flexibility index (Phi) is 7.57. The summed E-state index contributed by atoms with van der Waals surface area (Å²) in [4.78, 5) is 27.0. The van der Waals surface area contributed by atoms with E-state index >= 15 is 0 Å². The Bertz CT molecular complexity index is 1710. The average Bonchev–Trinajstić information content (AvgIpc) is 3.40. The molecule has 1 N–H and O–H groups in total. The Morgan fingerprint density at radius 3 is 2.67 bits per heavy atom. The molecule has 8 nitrogen and oxygen atoms in total. The maximum atomic E-state index is 14.1. The number of aryl methyl sites for hydroxylation is 2. The van der Waals surface area contributed by atoms with Crippen molar-refractivity contribution in [1.29, 1.82) is 0 Å². The Hall–Kier alpha value is -4.41. The van der Waals surface area contributed by atoms with Crippen LogP contribution < -0.4 is 4.74 Å². The predicted molar refractivity (Wildman–Crippen MR) is 152 cm³/mol. The van der Waals surface area contributed by atoms with Crippen LogP contribution in [0.2, 0.25) is 0 Å². The van der Waals surface area contributed by atoms with Crippen LogP contribution in [0.4, 0.5) is 13.2 Å². The number of nitrogens with zero attached hydrogens (tertiary/aromatic N) is 4. The summed E-state index contributed by atoms with van der Waals surface area (Å²) in [5.41, 5.74) is 4.32. The molecule has 0 spiro atoms. The molecule has 224 valence electrons. The van der Waals surface area contributed by atoms with Crippen molar-refractivity contribution < 1.29 is 32.6 Å². The van der Waals surface area contributed by atoms with Gasteiger partial charge in [-0.05, 0) is 84.7 Å². The van der Waals surface area contributed by atoms with E-state index in [9.17, 15) is 27.9 Å². The third-order valence-corrected chi connectivity index (χ3v) is 8.48. The number of carboxylic acid groups (broad SMARTS) is 1. The van der Waals surface area contributed by atoms with Crippen LogP contribution in [-0.2, 0) is 30.5 Å². The highest BCUT2D eigenvalue weighted by Gasteiger charge is 2.37. The third kappa shape index (κ3) is 5.68. The minimum Gasteiger partial charge on any atom is -0.494 e. The SMILES string of the molecule is Cc1c2ccc3c1nnn3CCCCCOc1ccc(c(C(F)(F)F)c1)C(=O)N1CCc3ccc(cc3C1)C2CC(=O)O. The number of carbonyl (C=O) groups is 2. The van der Waals surface area contributed by atoms with E-state index in [0.29, 0.717) is 19.4 Å². The van der Waals surface area contributed by atoms with Crippen LogP contribution in [0.5, 0.6) is 5.75 Å². The molecule has 9 rings (SSSR count). The molecule has 3 aromatic carbocycles. The lowest BCUT2D eigenvalue weighted by Gasteiger charge is -2.31. The van der Waals surface area contributed by atoms with Gasteiger partial charge >= 0.3 is 12.1 Å². The number of halogens is 3. The van der Waals surface area contributed by atoms with Gasteiger partial charge in [0.05, 0.1) is 29.7 Å². The standard InChI is InChI=1S/C32H31F3N4O4/c1-19-24-9-10-28-30(19)36-37-39(28)12-3-2-4-14-43-23-7-8-25(27(16-23)32(33,34)35)31(42)38-13-11-20-5-6-21(15-22(20)18-38)26(24)17-29(40)41/h5-10,15-16,26H,2-4,11-14,17-18H2,1H3,(H,40,41). The molecule has 1 aromatic heterocycles. The van der Waals surface area contributed by atoms with Crippen molar-refractivity contribution in [3.05, 3.63) is 87.5 Å². The number of alkyl halides is 3. The molecule has 5 aliphatic heterocycles. The van der Waals surface area contributed by atoms with Crippen molar-refractivity contribution in [3.63, 3.8) is 0 Å². The molecular weight excluding hydrogens is 561 g/mol. The van der Waals surface area contributed by atoms with Crippen LogP contribution in [0.3, 0.4) is 0 Å². The first-order valence-corrected chi connectivity index (χ1v) is 14.4.